The summed E-state index contributed by atoms with van der Waals surface area (Å²) in [6.07, 6.45) is 1.24. The number of amides is 3. The number of nitrogens with zero attached hydrogens (tertiary/aromatic N) is 3. The Balaban J connectivity index is 1.41. The van der Waals surface area contributed by atoms with E-state index in [1.54, 1.807) is 0 Å². The van der Waals surface area contributed by atoms with Crippen LogP contribution in [0.25, 0.3) is 22.2 Å². The van der Waals surface area contributed by atoms with Crippen LogP contribution in [0.2, 0.25) is 0 Å². The molecule has 1 saturated heterocycles. The Labute approximate surface area is 172 Å². The van der Waals surface area contributed by atoms with Gasteiger partial charge in [-0.3, -0.25) is 19.3 Å². The molecular weight excluding hydrogens is 388 g/mol. The van der Waals surface area contributed by atoms with Gasteiger partial charge in [-0.1, -0.05) is 18.2 Å². The van der Waals surface area contributed by atoms with E-state index in [1.165, 1.54) is 16.2 Å². The number of rotatable bonds is 6. The van der Waals surface area contributed by atoms with Crippen LogP contribution in [0.15, 0.2) is 29.6 Å². The van der Waals surface area contributed by atoms with Gasteiger partial charge in [0, 0.05) is 60.4 Å². The fourth-order valence-electron chi connectivity index (χ4n) is 3.74. The van der Waals surface area contributed by atoms with Gasteiger partial charge < -0.3 is 9.88 Å². The summed E-state index contributed by atoms with van der Waals surface area (Å²) in [7, 11) is 2.03. The van der Waals surface area contributed by atoms with Crippen molar-refractivity contribution in [3.63, 3.8) is 0 Å². The zero-order valence-electron chi connectivity index (χ0n) is 16.4. The molecule has 0 radical (unpaired) electrons. The van der Waals surface area contributed by atoms with Crippen molar-refractivity contribution in [1.29, 1.82) is 0 Å². The molecule has 1 aromatic carbocycles. The highest BCUT2D eigenvalue weighted by atomic mass is 32.1. The minimum absolute atomic E-state index is 0.148. The summed E-state index contributed by atoms with van der Waals surface area (Å²) in [5, 5.41) is 6.46. The molecule has 0 atom stereocenters. The average molecular weight is 410 g/mol. The fourth-order valence-corrected chi connectivity index (χ4v) is 4.46. The van der Waals surface area contributed by atoms with E-state index in [1.807, 2.05) is 24.6 Å². The van der Waals surface area contributed by atoms with Gasteiger partial charge in [0.15, 0.2) is 5.13 Å². The average Bonchev–Trinajstić information content (AvgIpc) is 3.35. The number of para-hydroxylation sites is 1. The number of thiazole rings is 1. The second-order valence-electron chi connectivity index (χ2n) is 7.17. The zero-order valence-corrected chi connectivity index (χ0v) is 17.2. The largest absolute Gasteiger partial charge is 0.347 e. The smallest absolute Gasteiger partial charge is 0.229 e. The van der Waals surface area contributed by atoms with Crippen molar-refractivity contribution in [2.75, 3.05) is 11.9 Å². The van der Waals surface area contributed by atoms with Crippen molar-refractivity contribution in [3.05, 3.63) is 35.3 Å². The van der Waals surface area contributed by atoms with Gasteiger partial charge in [0.2, 0.25) is 17.7 Å². The van der Waals surface area contributed by atoms with E-state index in [0.29, 0.717) is 18.1 Å². The van der Waals surface area contributed by atoms with Crippen molar-refractivity contribution in [2.24, 2.45) is 7.05 Å². The Bertz CT molecular complexity index is 1100. The molecule has 29 heavy (non-hydrogen) atoms. The van der Waals surface area contributed by atoms with Gasteiger partial charge in [-0.25, -0.2) is 4.98 Å². The number of imide groups is 1. The van der Waals surface area contributed by atoms with Crippen molar-refractivity contribution < 1.29 is 14.4 Å². The first-order valence-electron chi connectivity index (χ1n) is 9.58. The summed E-state index contributed by atoms with van der Waals surface area (Å²) < 4.78 is 2.14. The summed E-state index contributed by atoms with van der Waals surface area (Å²) in [6.45, 7) is 2.36. The highest BCUT2D eigenvalue weighted by Gasteiger charge is 2.28. The fraction of sp³-hybridized carbons (Fsp3) is 0.333. The van der Waals surface area contributed by atoms with Gasteiger partial charge in [-0.2, -0.15) is 0 Å². The summed E-state index contributed by atoms with van der Waals surface area (Å²) >= 11 is 1.39. The highest BCUT2D eigenvalue weighted by Crippen LogP contribution is 2.35. The van der Waals surface area contributed by atoms with Gasteiger partial charge in [-0.15, -0.1) is 11.3 Å². The third-order valence-corrected chi connectivity index (χ3v) is 6.10. The summed E-state index contributed by atoms with van der Waals surface area (Å²) in [4.78, 5) is 41.3. The number of fused-ring (bicyclic) bond motifs is 1. The number of hydrogen-bond donors (Lipinski definition) is 1. The van der Waals surface area contributed by atoms with Crippen LogP contribution in [-0.2, 0) is 21.4 Å². The van der Waals surface area contributed by atoms with E-state index in [0.717, 1.165) is 27.9 Å². The molecule has 8 heteroatoms. The maximum Gasteiger partial charge on any atom is 0.229 e. The Morgan fingerprint density at radius 3 is 2.69 bits per heavy atom. The number of benzene rings is 1. The van der Waals surface area contributed by atoms with E-state index < -0.39 is 0 Å². The predicted molar refractivity (Wildman–Crippen MR) is 113 cm³/mol. The predicted octanol–water partition coefficient (Wildman–Crippen LogP) is 3.48. The molecule has 150 valence electrons. The molecule has 3 aromatic rings. The van der Waals surface area contributed by atoms with E-state index in [9.17, 15) is 14.4 Å². The second kappa shape index (κ2) is 7.79. The number of nitrogens with one attached hydrogen (secondary N) is 1. The van der Waals surface area contributed by atoms with Gasteiger partial charge in [0.05, 0.1) is 5.69 Å². The molecule has 3 heterocycles. The molecule has 0 bridgehead atoms. The van der Waals surface area contributed by atoms with Crippen molar-refractivity contribution >= 4 is 45.1 Å². The zero-order chi connectivity index (χ0) is 20.5. The first kappa shape index (κ1) is 19.3. The van der Waals surface area contributed by atoms with Crippen LogP contribution in [0.4, 0.5) is 5.13 Å². The lowest BCUT2D eigenvalue weighted by Gasteiger charge is -2.12. The molecule has 1 N–H and O–H groups in total. The summed E-state index contributed by atoms with van der Waals surface area (Å²) in [5.74, 6) is -0.463. The Morgan fingerprint density at radius 1 is 1.21 bits per heavy atom. The number of aryl methyl sites for hydroxylation is 1. The Morgan fingerprint density at radius 2 is 1.93 bits per heavy atom. The lowest BCUT2D eigenvalue weighted by molar-refractivity contribution is -0.138. The Kier molecular flexibility index (Phi) is 5.19. The molecule has 0 spiro atoms. The van der Waals surface area contributed by atoms with Gasteiger partial charge in [-0.05, 0) is 19.4 Å². The highest BCUT2D eigenvalue weighted by molar-refractivity contribution is 7.14. The van der Waals surface area contributed by atoms with Gasteiger partial charge in [0.25, 0.3) is 0 Å². The number of carbonyl (C=O) groups is 3. The number of likely N-dealkylation sites (tertiary alicyclic amines) is 1. The number of aromatic nitrogens is 2. The maximum absolute atomic E-state index is 12.2. The van der Waals surface area contributed by atoms with Crippen LogP contribution >= 0.6 is 11.3 Å². The van der Waals surface area contributed by atoms with Crippen LogP contribution in [0.3, 0.4) is 0 Å². The van der Waals surface area contributed by atoms with Crippen LogP contribution in [0.1, 0.15) is 31.4 Å². The third-order valence-electron chi connectivity index (χ3n) is 5.35. The van der Waals surface area contributed by atoms with Crippen molar-refractivity contribution in [1.82, 2.24) is 14.5 Å². The van der Waals surface area contributed by atoms with Crippen molar-refractivity contribution in [3.8, 4) is 11.3 Å². The molecule has 4 rings (SSSR count). The monoisotopic (exact) mass is 410 g/mol. The van der Waals surface area contributed by atoms with E-state index in [4.69, 9.17) is 0 Å². The summed E-state index contributed by atoms with van der Waals surface area (Å²) in [5.41, 5.74) is 4.18. The topological polar surface area (TPSA) is 84.3 Å². The Hall–Kier alpha value is -3.00. The molecule has 0 aliphatic carbocycles. The summed E-state index contributed by atoms with van der Waals surface area (Å²) in [6, 6.07) is 8.19. The maximum atomic E-state index is 12.2. The van der Waals surface area contributed by atoms with E-state index in [-0.39, 0.29) is 37.0 Å². The molecule has 1 aliphatic rings. The normalized spacial score (nSPS) is 14.2. The van der Waals surface area contributed by atoms with E-state index >= 15 is 0 Å². The standard InChI is InChI=1S/C21H22N4O3S/c1-13-20(14-6-3-4-7-16(14)24(13)2)15-12-29-21(22-15)23-17(26)8-5-11-25-18(27)9-10-19(25)28/h3-4,6-7,12H,5,8-11H2,1-2H3,(H,22,23,26). The van der Waals surface area contributed by atoms with Crippen molar-refractivity contribution in [2.45, 2.75) is 32.6 Å². The number of hydrogen-bond acceptors (Lipinski definition) is 5. The van der Waals surface area contributed by atoms with Gasteiger partial charge >= 0.3 is 0 Å². The SMILES string of the molecule is Cc1c(-c2csc(NC(=O)CCCN3C(=O)CCC3=O)n2)c2ccccc2n1C. The molecule has 1 aliphatic heterocycles. The van der Waals surface area contributed by atoms with Crippen LogP contribution < -0.4 is 5.32 Å². The number of anilines is 1. The third kappa shape index (κ3) is 3.67. The first-order valence-corrected chi connectivity index (χ1v) is 10.5. The minimum atomic E-state index is -0.167. The molecular formula is C21H22N4O3S. The lowest BCUT2D eigenvalue weighted by Crippen LogP contribution is -2.30. The molecule has 7 nitrogen and oxygen atoms in total. The van der Waals surface area contributed by atoms with Crippen LogP contribution in [0, 0.1) is 6.92 Å². The van der Waals surface area contributed by atoms with Gasteiger partial charge in [0.1, 0.15) is 0 Å². The molecule has 2 aromatic heterocycles. The molecule has 0 saturated carbocycles. The molecule has 1 fully saturated rings. The number of carbonyl (C=O) groups excluding carboxylic acids is 3. The van der Waals surface area contributed by atoms with E-state index in [2.05, 4.69) is 33.9 Å². The lowest BCUT2D eigenvalue weighted by atomic mass is 10.1. The van der Waals surface area contributed by atoms with Crippen LogP contribution in [-0.4, -0.2) is 38.7 Å². The molecule has 3 amide bonds. The molecule has 0 unspecified atom stereocenters. The quantitative estimate of drug-likeness (QED) is 0.631. The first-order chi connectivity index (χ1) is 14.0. The minimum Gasteiger partial charge on any atom is -0.347 e. The van der Waals surface area contributed by atoms with Crippen LogP contribution in [0.5, 0.6) is 0 Å². The second-order valence-corrected chi connectivity index (χ2v) is 8.02.